The molecule has 0 saturated carbocycles. The third kappa shape index (κ3) is 6.23. The Bertz CT molecular complexity index is 1150. The lowest BCUT2D eigenvalue weighted by Crippen LogP contribution is -2.45. The number of carbonyl (C=O) groups excluding carboxylic acids is 2. The standard InChI is InChI=1S/C23H28N2O7S/c1-14(2)22(23(27)32-13-21(26)24-18-11-15(3)5-6-16(18)4)25-33(28,29)17-7-8-19-20(12-17)31-10-9-30-19/h5-8,11-12,14,22,25H,9-10,13H2,1-4H3,(H,24,26)/t22-/m0/s1. The minimum atomic E-state index is -4.07. The summed E-state index contributed by atoms with van der Waals surface area (Å²) in [6, 6.07) is 8.64. The normalized spacial score (nSPS) is 14.0. The molecule has 1 heterocycles. The number of hydrogen-bond acceptors (Lipinski definition) is 7. The molecule has 2 N–H and O–H groups in total. The zero-order valence-electron chi connectivity index (χ0n) is 19.0. The van der Waals surface area contributed by atoms with Crippen molar-refractivity contribution in [2.24, 2.45) is 5.92 Å². The van der Waals surface area contributed by atoms with E-state index in [1.54, 1.807) is 13.8 Å². The average Bonchev–Trinajstić information content (AvgIpc) is 2.77. The van der Waals surface area contributed by atoms with Crippen molar-refractivity contribution in [1.29, 1.82) is 0 Å². The molecule has 10 heteroatoms. The summed E-state index contributed by atoms with van der Waals surface area (Å²) in [6.07, 6.45) is 0. The minimum Gasteiger partial charge on any atom is -0.486 e. The van der Waals surface area contributed by atoms with E-state index < -0.39 is 40.5 Å². The van der Waals surface area contributed by atoms with Crippen molar-refractivity contribution >= 4 is 27.6 Å². The van der Waals surface area contributed by atoms with Crippen molar-refractivity contribution in [2.75, 3.05) is 25.1 Å². The van der Waals surface area contributed by atoms with Crippen LogP contribution in [0, 0.1) is 19.8 Å². The van der Waals surface area contributed by atoms with Gasteiger partial charge in [0.05, 0.1) is 4.90 Å². The first-order valence-corrected chi connectivity index (χ1v) is 12.0. The van der Waals surface area contributed by atoms with Crippen molar-refractivity contribution in [3.05, 3.63) is 47.5 Å². The smallest absolute Gasteiger partial charge is 0.324 e. The summed E-state index contributed by atoms with van der Waals surface area (Å²) in [4.78, 5) is 24.8. The Hall–Kier alpha value is -3.11. The zero-order valence-corrected chi connectivity index (χ0v) is 19.8. The van der Waals surface area contributed by atoms with Gasteiger partial charge in [-0.3, -0.25) is 9.59 Å². The Kier molecular flexibility index (Phi) is 7.60. The maximum absolute atomic E-state index is 12.9. The molecule has 0 saturated heterocycles. The van der Waals surface area contributed by atoms with E-state index in [4.69, 9.17) is 14.2 Å². The number of benzene rings is 2. The van der Waals surface area contributed by atoms with Gasteiger partial charge in [-0.2, -0.15) is 4.72 Å². The van der Waals surface area contributed by atoms with Gasteiger partial charge in [0.1, 0.15) is 19.3 Å². The fraction of sp³-hybridized carbons (Fsp3) is 0.391. The van der Waals surface area contributed by atoms with E-state index in [2.05, 4.69) is 10.0 Å². The molecule has 0 radical (unpaired) electrons. The number of anilines is 1. The molecule has 1 atom stereocenters. The molecular formula is C23H28N2O7S. The van der Waals surface area contributed by atoms with Crippen LogP contribution in [-0.4, -0.2) is 46.2 Å². The number of fused-ring (bicyclic) bond motifs is 1. The number of esters is 1. The summed E-state index contributed by atoms with van der Waals surface area (Å²) in [5, 5.41) is 2.70. The molecule has 3 rings (SSSR count). The molecular weight excluding hydrogens is 448 g/mol. The van der Waals surface area contributed by atoms with Gasteiger partial charge in [0, 0.05) is 11.8 Å². The van der Waals surface area contributed by atoms with Crippen molar-refractivity contribution in [3.63, 3.8) is 0 Å². The van der Waals surface area contributed by atoms with E-state index in [-0.39, 0.29) is 4.90 Å². The monoisotopic (exact) mass is 476 g/mol. The van der Waals surface area contributed by atoms with Crippen LogP contribution in [0.2, 0.25) is 0 Å². The lowest BCUT2D eigenvalue weighted by Gasteiger charge is -2.22. The first-order chi connectivity index (χ1) is 15.6. The van der Waals surface area contributed by atoms with Gasteiger partial charge in [-0.15, -0.1) is 0 Å². The van der Waals surface area contributed by atoms with Crippen LogP contribution >= 0.6 is 0 Å². The Morgan fingerprint density at radius 3 is 2.42 bits per heavy atom. The molecule has 0 aromatic heterocycles. The van der Waals surface area contributed by atoms with Crippen LogP contribution in [0.4, 0.5) is 5.69 Å². The van der Waals surface area contributed by atoms with Gasteiger partial charge in [0.2, 0.25) is 10.0 Å². The van der Waals surface area contributed by atoms with Crippen LogP contribution in [0.5, 0.6) is 11.5 Å². The number of sulfonamides is 1. The van der Waals surface area contributed by atoms with E-state index in [9.17, 15) is 18.0 Å². The fourth-order valence-corrected chi connectivity index (χ4v) is 4.51. The first-order valence-electron chi connectivity index (χ1n) is 10.5. The van der Waals surface area contributed by atoms with Gasteiger partial charge in [-0.05, 0) is 49.1 Å². The third-order valence-corrected chi connectivity index (χ3v) is 6.48. The van der Waals surface area contributed by atoms with Gasteiger partial charge in [-0.1, -0.05) is 26.0 Å². The van der Waals surface area contributed by atoms with Crippen molar-refractivity contribution in [2.45, 2.75) is 38.6 Å². The molecule has 0 fully saturated rings. The minimum absolute atomic E-state index is 0.0714. The largest absolute Gasteiger partial charge is 0.486 e. The average molecular weight is 477 g/mol. The maximum Gasteiger partial charge on any atom is 0.324 e. The summed E-state index contributed by atoms with van der Waals surface area (Å²) < 4.78 is 44.1. The quantitative estimate of drug-likeness (QED) is 0.562. The number of ether oxygens (including phenoxy) is 3. The lowest BCUT2D eigenvalue weighted by atomic mass is 10.1. The molecule has 9 nitrogen and oxygen atoms in total. The van der Waals surface area contributed by atoms with Crippen molar-refractivity contribution in [1.82, 2.24) is 4.72 Å². The van der Waals surface area contributed by atoms with E-state index >= 15 is 0 Å². The van der Waals surface area contributed by atoms with Crippen molar-refractivity contribution < 1.29 is 32.2 Å². The molecule has 0 spiro atoms. The van der Waals surface area contributed by atoms with E-state index in [1.807, 2.05) is 32.0 Å². The van der Waals surface area contributed by atoms with Gasteiger partial charge in [-0.25, -0.2) is 8.42 Å². The summed E-state index contributed by atoms with van der Waals surface area (Å²) in [7, 11) is -4.07. The molecule has 178 valence electrons. The highest BCUT2D eigenvalue weighted by atomic mass is 32.2. The van der Waals surface area contributed by atoms with Crippen molar-refractivity contribution in [3.8, 4) is 11.5 Å². The highest BCUT2D eigenvalue weighted by Gasteiger charge is 2.31. The Morgan fingerprint density at radius 2 is 1.73 bits per heavy atom. The van der Waals surface area contributed by atoms with Gasteiger partial charge in [0.15, 0.2) is 18.1 Å². The molecule has 0 aliphatic carbocycles. The zero-order chi connectivity index (χ0) is 24.2. The van der Waals surface area contributed by atoms with Gasteiger partial charge < -0.3 is 19.5 Å². The maximum atomic E-state index is 12.9. The van der Waals surface area contributed by atoms with Crippen LogP contribution in [-0.2, 0) is 24.3 Å². The summed E-state index contributed by atoms with van der Waals surface area (Å²) >= 11 is 0. The molecule has 33 heavy (non-hydrogen) atoms. The topological polar surface area (TPSA) is 120 Å². The third-order valence-electron chi connectivity index (χ3n) is 5.04. The first kappa shape index (κ1) is 24.5. The van der Waals surface area contributed by atoms with Crippen LogP contribution in [0.3, 0.4) is 0 Å². The van der Waals surface area contributed by atoms with Crippen LogP contribution < -0.4 is 19.5 Å². The predicted molar refractivity (Wildman–Crippen MR) is 122 cm³/mol. The molecule has 0 unspecified atom stereocenters. The van der Waals surface area contributed by atoms with Crippen LogP contribution in [0.25, 0.3) is 0 Å². The second kappa shape index (κ2) is 10.2. The second-order valence-corrected chi connectivity index (χ2v) is 9.84. The van der Waals surface area contributed by atoms with E-state index in [0.717, 1.165) is 11.1 Å². The van der Waals surface area contributed by atoms with E-state index in [1.165, 1.54) is 18.2 Å². The summed E-state index contributed by atoms with van der Waals surface area (Å²) in [5.74, 6) is -1.02. The van der Waals surface area contributed by atoms with E-state index in [0.29, 0.717) is 30.4 Å². The molecule has 1 amide bonds. The van der Waals surface area contributed by atoms with Gasteiger partial charge >= 0.3 is 5.97 Å². The number of aryl methyl sites for hydroxylation is 2. The molecule has 2 aromatic rings. The van der Waals surface area contributed by atoms with Crippen LogP contribution in [0.1, 0.15) is 25.0 Å². The lowest BCUT2D eigenvalue weighted by molar-refractivity contribution is -0.150. The Balaban J connectivity index is 1.65. The second-order valence-electron chi connectivity index (χ2n) is 8.12. The number of nitrogens with one attached hydrogen (secondary N) is 2. The summed E-state index contributed by atoms with van der Waals surface area (Å²) in [6.45, 7) is 7.26. The molecule has 0 bridgehead atoms. The van der Waals surface area contributed by atoms with Gasteiger partial charge in [0.25, 0.3) is 5.91 Å². The highest BCUT2D eigenvalue weighted by molar-refractivity contribution is 7.89. The Labute approximate surface area is 193 Å². The number of amides is 1. The SMILES string of the molecule is Cc1ccc(C)c(NC(=O)COC(=O)[C@@H](NS(=O)(=O)c2ccc3c(c2)OCCO3)C(C)C)c1. The number of carbonyl (C=O) groups is 2. The highest BCUT2D eigenvalue weighted by Crippen LogP contribution is 2.32. The predicted octanol–water partition coefficient (Wildman–Crippen LogP) is 2.56. The number of hydrogen-bond donors (Lipinski definition) is 2. The fourth-order valence-electron chi connectivity index (χ4n) is 3.17. The Morgan fingerprint density at radius 1 is 1.03 bits per heavy atom. The van der Waals surface area contributed by atoms with Crippen LogP contribution in [0.15, 0.2) is 41.3 Å². The molecule has 1 aliphatic rings. The molecule has 2 aromatic carbocycles. The summed E-state index contributed by atoms with van der Waals surface area (Å²) in [5.41, 5.74) is 2.46. The molecule has 1 aliphatic heterocycles. The number of rotatable bonds is 8.